The molecule has 0 amide bonds. The number of anilines is 1. The monoisotopic (exact) mass is 264 g/mol. The Morgan fingerprint density at radius 1 is 1.56 bits per heavy atom. The van der Waals surface area contributed by atoms with Crippen molar-refractivity contribution in [3.8, 4) is 0 Å². The van der Waals surface area contributed by atoms with Crippen molar-refractivity contribution in [3.05, 3.63) is 33.9 Å². The summed E-state index contributed by atoms with van der Waals surface area (Å²) in [4.78, 5) is 16.4. The Kier molecular flexibility index (Phi) is 3.52. The number of hydrogen-bond donors (Lipinski definition) is 2. The summed E-state index contributed by atoms with van der Waals surface area (Å²) in [7, 11) is 0. The third-order valence-corrected chi connectivity index (χ3v) is 3.41. The summed E-state index contributed by atoms with van der Waals surface area (Å²) in [6.45, 7) is 3.87. The van der Waals surface area contributed by atoms with Crippen LogP contribution in [0.1, 0.15) is 33.2 Å². The minimum atomic E-state index is -1.03. The van der Waals surface area contributed by atoms with Crippen LogP contribution >= 0.6 is 11.3 Å². The highest BCUT2D eigenvalue weighted by Gasteiger charge is 2.16. The fourth-order valence-corrected chi connectivity index (χ4v) is 2.23. The normalized spacial score (nSPS) is 12.1. The molecule has 0 aliphatic heterocycles. The van der Waals surface area contributed by atoms with Crippen molar-refractivity contribution < 1.29 is 9.90 Å². The van der Waals surface area contributed by atoms with Gasteiger partial charge in [0, 0.05) is 11.1 Å². The molecule has 0 aliphatic rings. The summed E-state index contributed by atoms with van der Waals surface area (Å²) in [5, 5.41) is 20.4. The fraction of sp³-hybridized carbons (Fsp3) is 0.273. The highest BCUT2D eigenvalue weighted by molar-refractivity contribution is 7.11. The van der Waals surface area contributed by atoms with E-state index in [2.05, 4.69) is 20.5 Å². The number of aromatic carboxylic acids is 1. The number of nitrogens with one attached hydrogen (secondary N) is 1. The molecule has 0 spiro atoms. The van der Waals surface area contributed by atoms with E-state index in [9.17, 15) is 4.79 Å². The molecular formula is C11H12N4O2S. The SMILES string of the molecule is Cc1cnc(C(C)Nc2nnccc2C(=O)O)s1. The van der Waals surface area contributed by atoms with E-state index in [1.807, 2.05) is 13.8 Å². The number of rotatable bonds is 4. The number of carbonyl (C=O) groups is 1. The Labute approximate surface area is 108 Å². The van der Waals surface area contributed by atoms with E-state index in [4.69, 9.17) is 5.11 Å². The van der Waals surface area contributed by atoms with Gasteiger partial charge in [-0.05, 0) is 19.9 Å². The van der Waals surface area contributed by atoms with E-state index >= 15 is 0 Å². The van der Waals surface area contributed by atoms with E-state index < -0.39 is 5.97 Å². The van der Waals surface area contributed by atoms with Crippen LogP contribution in [0.5, 0.6) is 0 Å². The first-order valence-electron chi connectivity index (χ1n) is 5.31. The lowest BCUT2D eigenvalue weighted by molar-refractivity contribution is 0.0697. The van der Waals surface area contributed by atoms with Crippen LogP contribution in [0.4, 0.5) is 5.82 Å². The van der Waals surface area contributed by atoms with Crippen LogP contribution in [0, 0.1) is 6.92 Å². The summed E-state index contributed by atoms with van der Waals surface area (Å²) in [5.41, 5.74) is 0.102. The molecular weight excluding hydrogens is 252 g/mol. The summed E-state index contributed by atoms with van der Waals surface area (Å²) in [6, 6.07) is 1.30. The van der Waals surface area contributed by atoms with Gasteiger partial charge in [-0.1, -0.05) is 0 Å². The molecule has 0 aliphatic carbocycles. The van der Waals surface area contributed by atoms with Crippen molar-refractivity contribution in [2.75, 3.05) is 5.32 Å². The number of aromatic nitrogens is 3. The Morgan fingerprint density at radius 3 is 2.94 bits per heavy atom. The molecule has 0 saturated carbocycles. The third kappa shape index (κ3) is 2.62. The molecule has 94 valence electrons. The molecule has 1 atom stereocenters. The van der Waals surface area contributed by atoms with Crippen LogP contribution in [-0.2, 0) is 0 Å². The second kappa shape index (κ2) is 5.09. The molecule has 0 radical (unpaired) electrons. The van der Waals surface area contributed by atoms with Crippen molar-refractivity contribution in [2.24, 2.45) is 0 Å². The maximum Gasteiger partial charge on any atom is 0.339 e. The van der Waals surface area contributed by atoms with Gasteiger partial charge in [0.05, 0.1) is 12.2 Å². The Balaban J connectivity index is 2.21. The van der Waals surface area contributed by atoms with Crippen LogP contribution in [-0.4, -0.2) is 26.3 Å². The minimum absolute atomic E-state index is 0.102. The molecule has 6 nitrogen and oxygen atoms in total. The predicted octanol–water partition coefficient (Wildman–Crippen LogP) is 2.11. The summed E-state index contributed by atoms with van der Waals surface area (Å²) >= 11 is 1.56. The van der Waals surface area contributed by atoms with Gasteiger partial charge in [0.2, 0.25) is 0 Å². The van der Waals surface area contributed by atoms with E-state index in [1.165, 1.54) is 12.3 Å². The van der Waals surface area contributed by atoms with Gasteiger partial charge in [-0.3, -0.25) is 0 Å². The van der Waals surface area contributed by atoms with E-state index in [0.717, 1.165) is 9.88 Å². The van der Waals surface area contributed by atoms with Crippen LogP contribution < -0.4 is 5.32 Å². The number of carboxylic acid groups (broad SMARTS) is 1. The lowest BCUT2D eigenvalue weighted by Gasteiger charge is -2.12. The maximum absolute atomic E-state index is 11.0. The maximum atomic E-state index is 11.0. The smallest absolute Gasteiger partial charge is 0.339 e. The van der Waals surface area contributed by atoms with Crippen LogP contribution in [0.2, 0.25) is 0 Å². The molecule has 0 fully saturated rings. The minimum Gasteiger partial charge on any atom is -0.478 e. The van der Waals surface area contributed by atoms with Gasteiger partial charge in [-0.25, -0.2) is 9.78 Å². The van der Waals surface area contributed by atoms with Crippen molar-refractivity contribution >= 4 is 23.1 Å². The fourth-order valence-electron chi connectivity index (χ4n) is 1.45. The number of nitrogens with zero attached hydrogens (tertiary/aromatic N) is 3. The van der Waals surface area contributed by atoms with Gasteiger partial charge in [0.25, 0.3) is 0 Å². The van der Waals surface area contributed by atoms with Crippen molar-refractivity contribution in [2.45, 2.75) is 19.9 Å². The van der Waals surface area contributed by atoms with E-state index in [0.29, 0.717) is 0 Å². The number of thiazole rings is 1. The third-order valence-electron chi connectivity index (χ3n) is 2.31. The quantitative estimate of drug-likeness (QED) is 0.879. The number of aryl methyl sites for hydroxylation is 1. The molecule has 0 aromatic carbocycles. The van der Waals surface area contributed by atoms with E-state index in [-0.39, 0.29) is 17.4 Å². The molecule has 1 unspecified atom stereocenters. The first kappa shape index (κ1) is 12.4. The molecule has 2 aromatic rings. The standard InChI is InChI=1S/C11H12N4O2S/c1-6-5-12-10(18-6)7(2)14-9-8(11(16)17)3-4-13-15-9/h3-5,7H,1-2H3,(H,14,15)(H,16,17). The van der Waals surface area contributed by atoms with Gasteiger partial charge >= 0.3 is 5.97 Å². The average Bonchev–Trinajstić information content (AvgIpc) is 2.76. The zero-order valence-electron chi connectivity index (χ0n) is 9.91. The average molecular weight is 264 g/mol. The van der Waals surface area contributed by atoms with Gasteiger partial charge in [-0.15, -0.1) is 16.4 Å². The number of hydrogen-bond acceptors (Lipinski definition) is 6. The topological polar surface area (TPSA) is 88.0 Å². The van der Waals surface area contributed by atoms with Crippen molar-refractivity contribution in [1.82, 2.24) is 15.2 Å². The second-order valence-corrected chi connectivity index (χ2v) is 5.04. The zero-order chi connectivity index (χ0) is 13.1. The highest BCUT2D eigenvalue weighted by Crippen LogP contribution is 2.23. The molecule has 7 heteroatoms. The van der Waals surface area contributed by atoms with Gasteiger partial charge in [-0.2, -0.15) is 5.10 Å². The molecule has 0 saturated heterocycles. The van der Waals surface area contributed by atoms with E-state index in [1.54, 1.807) is 17.5 Å². The lowest BCUT2D eigenvalue weighted by Crippen LogP contribution is -2.12. The van der Waals surface area contributed by atoms with Gasteiger partial charge in [0.15, 0.2) is 5.82 Å². The Morgan fingerprint density at radius 2 is 2.33 bits per heavy atom. The number of carboxylic acids is 1. The summed E-state index contributed by atoms with van der Waals surface area (Å²) in [5.74, 6) is -0.778. The molecule has 0 bridgehead atoms. The first-order valence-corrected chi connectivity index (χ1v) is 6.13. The van der Waals surface area contributed by atoms with Gasteiger partial charge < -0.3 is 10.4 Å². The van der Waals surface area contributed by atoms with Crippen LogP contribution in [0.25, 0.3) is 0 Å². The van der Waals surface area contributed by atoms with Crippen molar-refractivity contribution in [3.63, 3.8) is 0 Å². The highest BCUT2D eigenvalue weighted by atomic mass is 32.1. The second-order valence-electron chi connectivity index (χ2n) is 3.77. The lowest BCUT2D eigenvalue weighted by atomic mass is 10.2. The van der Waals surface area contributed by atoms with Crippen LogP contribution in [0.15, 0.2) is 18.5 Å². The largest absolute Gasteiger partial charge is 0.478 e. The Hall–Kier alpha value is -2.02. The molecule has 2 aromatic heterocycles. The first-order chi connectivity index (χ1) is 8.58. The molecule has 18 heavy (non-hydrogen) atoms. The molecule has 2 rings (SSSR count). The summed E-state index contributed by atoms with van der Waals surface area (Å²) < 4.78 is 0. The van der Waals surface area contributed by atoms with Crippen molar-refractivity contribution in [1.29, 1.82) is 0 Å². The van der Waals surface area contributed by atoms with Gasteiger partial charge in [0.1, 0.15) is 10.6 Å². The molecule has 2 N–H and O–H groups in total. The Bertz CT molecular complexity index is 570. The zero-order valence-corrected chi connectivity index (χ0v) is 10.7. The predicted molar refractivity (Wildman–Crippen MR) is 67.9 cm³/mol. The molecule has 2 heterocycles. The summed E-state index contributed by atoms with van der Waals surface area (Å²) in [6.07, 6.45) is 3.14. The van der Waals surface area contributed by atoms with Crippen LogP contribution in [0.3, 0.4) is 0 Å².